The van der Waals surface area contributed by atoms with Gasteiger partial charge in [-0.3, -0.25) is 0 Å². The van der Waals surface area contributed by atoms with Crippen LogP contribution in [0.2, 0.25) is 0 Å². The molecule has 0 aliphatic carbocycles. The lowest BCUT2D eigenvalue weighted by Crippen LogP contribution is -2.47. The van der Waals surface area contributed by atoms with Crippen molar-refractivity contribution in [3.05, 3.63) is 0 Å². The largest absolute Gasteiger partial charge is 0.336 e. The van der Waals surface area contributed by atoms with Crippen molar-refractivity contribution in [3.63, 3.8) is 0 Å². The van der Waals surface area contributed by atoms with Crippen LogP contribution >= 0.6 is 0 Å². The van der Waals surface area contributed by atoms with Gasteiger partial charge in [0, 0.05) is 25.7 Å². The first-order chi connectivity index (χ1) is 7.49. The molecule has 2 amide bonds. The second kappa shape index (κ2) is 6.09. The average Bonchev–Trinajstić information content (AvgIpc) is 2.16. The van der Waals surface area contributed by atoms with E-state index >= 15 is 0 Å². The van der Waals surface area contributed by atoms with Crippen molar-refractivity contribution in [2.45, 2.75) is 32.7 Å². The summed E-state index contributed by atoms with van der Waals surface area (Å²) < 4.78 is 0. The summed E-state index contributed by atoms with van der Waals surface area (Å²) in [5.41, 5.74) is 0. The van der Waals surface area contributed by atoms with Gasteiger partial charge in [0.05, 0.1) is 0 Å². The molecule has 0 aromatic carbocycles. The zero-order chi connectivity index (χ0) is 12.1. The van der Waals surface area contributed by atoms with Crippen molar-refractivity contribution in [3.8, 4) is 0 Å². The van der Waals surface area contributed by atoms with E-state index in [4.69, 9.17) is 0 Å². The Kier molecular flexibility index (Phi) is 5.06. The quantitative estimate of drug-likeness (QED) is 0.790. The third kappa shape index (κ3) is 4.39. The van der Waals surface area contributed by atoms with Gasteiger partial charge in [0.1, 0.15) is 0 Å². The summed E-state index contributed by atoms with van der Waals surface area (Å²) >= 11 is 0. The molecular formula is C12H25N3O. The van der Waals surface area contributed by atoms with E-state index in [1.807, 2.05) is 18.7 Å². The third-order valence-electron chi connectivity index (χ3n) is 2.94. The lowest BCUT2D eigenvalue weighted by molar-refractivity contribution is 0.158. The van der Waals surface area contributed by atoms with Crippen molar-refractivity contribution in [2.24, 2.45) is 5.92 Å². The summed E-state index contributed by atoms with van der Waals surface area (Å²) in [6, 6.07) is 0.324. The first-order valence-electron chi connectivity index (χ1n) is 6.19. The van der Waals surface area contributed by atoms with Crippen molar-refractivity contribution in [2.75, 3.05) is 33.7 Å². The van der Waals surface area contributed by atoms with E-state index in [0.29, 0.717) is 0 Å². The van der Waals surface area contributed by atoms with Gasteiger partial charge in [-0.15, -0.1) is 0 Å². The second-order valence-corrected chi connectivity index (χ2v) is 5.30. The number of hydrogen-bond acceptors (Lipinski definition) is 2. The summed E-state index contributed by atoms with van der Waals surface area (Å²) in [6.07, 6.45) is 2.26. The Labute approximate surface area is 99.0 Å². The predicted molar refractivity (Wildman–Crippen MR) is 66.5 cm³/mol. The maximum atomic E-state index is 11.7. The van der Waals surface area contributed by atoms with Crippen LogP contribution in [0.1, 0.15) is 26.7 Å². The minimum atomic E-state index is 0.0957. The molecule has 0 unspecified atom stereocenters. The summed E-state index contributed by atoms with van der Waals surface area (Å²) in [5, 5.41) is 2.94. The van der Waals surface area contributed by atoms with Crippen molar-refractivity contribution >= 4 is 6.03 Å². The molecule has 1 aliphatic heterocycles. The van der Waals surface area contributed by atoms with Gasteiger partial charge in [-0.05, 0) is 46.7 Å². The highest BCUT2D eigenvalue weighted by molar-refractivity contribution is 5.74. The number of urea groups is 1. The van der Waals surface area contributed by atoms with Crippen LogP contribution in [-0.4, -0.2) is 55.6 Å². The fourth-order valence-corrected chi connectivity index (χ4v) is 2.17. The van der Waals surface area contributed by atoms with E-state index in [2.05, 4.69) is 24.3 Å². The highest BCUT2D eigenvalue weighted by Crippen LogP contribution is 2.17. The molecule has 94 valence electrons. The maximum Gasteiger partial charge on any atom is 0.317 e. The molecule has 16 heavy (non-hydrogen) atoms. The zero-order valence-electron chi connectivity index (χ0n) is 11.0. The van der Waals surface area contributed by atoms with Crippen LogP contribution in [0.3, 0.4) is 0 Å². The van der Waals surface area contributed by atoms with E-state index in [1.165, 1.54) is 0 Å². The normalized spacial score (nSPS) is 18.2. The van der Waals surface area contributed by atoms with E-state index in [0.717, 1.165) is 38.4 Å². The zero-order valence-corrected chi connectivity index (χ0v) is 11.0. The Morgan fingerprint density at radius 2 is 1.94 bits per heavy atom. The van der Waals surface area contributed by atoms with Crippen LogP contribution in [0.15, 0.2) is 0 Å². The molecule has 1 N–H and O–H groups in total. The molecule has 4 heteroatoms. The maximum absolute atomic E-state index is 11.7. The minimum Gasteiger partial charge on any atom is -0.336 e. The van der Waals surface area contributed by atoms with Crippen LogP contribution < -0.4 is 5.32 Å². The Hall–Kier alpha value is -0.770. The molecule has 4 nitrogen and oxygen atoms in total. The molecule has 0 atom stereocenters. The van der Waals surface area contributed by atoms with E-state index in [1.54, 1.807) is 0 Å². The molecule has 1 fully saturated rings. The second-order valence-electron chi connectivity index (χ2n) is 5.30. The van der Waals surface area contributed by atoms with Crippen molar-refractivity contribution < 1.29 is 4.79 Å². The lowest BCUT2D eigenvalue weighted by Gasteiger charge is -2.33. The number of amides is 2. The number of likely N-dealkylation sites (tertiary alicyclic amines) is 1. The molecule has 0 bridgehead atoms. The Bertz CT molecular complexity index is 220. The van der Waals surface area contributed by atoms with Gasteiger partial charge in [0.2, 0.25) is 0 Å². The number of hydrogen-bond donors (Lipinski definition) is 1. The van der Waals surface area contributed by atoms with Gasteiger partial charge in [0.25, 0.3) is 0 Å². The van der Waals surface area contributed by atoms with Gasteiger partial charge in [-0.1, -0.05) is 0 Å². The molecule has 1 rings (SSSR count). The number of carbonyl (C=O) groups is 1. The molecule has 0 aromatic heterocycles. The Morgan fingerprint density at radius 3 is 2.38 bits per heavy atom. The summed E-state index contributed by atoms with van der Waals surface area (Å²) in [4.78, 5) is 15.9. The minimum absolute atomic E-state index is 0.0957. The van der Waals surface area contributed by atoms with Crippen LogP contribution in [0.25, 0.3) is 0 Å². The lowest BCUT2D eigenvalue weighted by atomic mass is 9.97. The SMILES string of the molecule is CC(C)NC(=O)N1CCC(CN(C)C)CC1. The van der Waals surface area contributed by atoms with Gasteiger partial charge < -0.3 is 15.1 Å². The summed E-state index contributed by atoms with van der Waals surface area (Å²) in [5.74, 6) is 0.748. The molecule has 0 aromatic rings. The monoisotopic (exact) mass is 227 g/mol. The molecule has 0 spiro atoms. The summed E-state index contributed by atoms with van der Waals surface area (Å²) in [7, 11) is 4.22. The van der Waals surface area contributed by atoms with E-state index in [9.17, 15) is 4.79 Å². The number of nitrogens with zero attached hydrogens (tertiary/aromatic N) is 2. The fourth-order valence-electron chi connectivity index (χ4n) is 2.17. The molecule has 1 heterocycles. The third-order valence-corrected chi connectivity index (χ3v) is 2.94. The first-order valence-corrected chi connectivity index (χ1v) is 6.19. The smallest absolute Gasteiger partial charge is 0.317 e. The van der Waals surface area contributed by atoms with E-state index < -0.39 is 0 Å². The van der Waals surface area contributed by atoms with Crippen molar-refractivity contribution in [1.29, 1.82) is 0 Å². The molecular weight excluding hydrogens is 202 g/mol. The number of piperidine rings is 1. The molecule has 0 radical (unpaired) electrons. The molecule has 1 aliphatic rings. The predicted octanol–water partition coefficient (Wildman–Crippen LogP) is 1.38. The van der Waals surface area contributed by atoms with E-state index in [-0.39, 0.29) is 12.1 Å². The Morgan fingerprint density at radius 1 is 1.38 bits per heavy atom. The Balaban J connectivity index is 2.28. The number of nitrogens with one attached hydrogen (secondary N) is 1. The standard InChI is InChI=1S/C12H25N3O/c1-10(2)13-12(16)15-7-5-11(6-8-15)9-14(3)4/h10-11H,5-9H2,1-4H3,(H,13,16). The average molecular weight is 227 g/mol. The highest BCUT2D eigenvalue weighted by atomic mass is 16.2. The van der Waals surface area contributed by atoms with Gasteiger partial charge >= 0.3 is 6.03 Å². The van der Waals surface area contributed by atoms with Crippen LogP contribution in [0, 0.1) is 5.92 Å². The van der Waals surface area contributed by atoms with Gasteiger partial charge in [-0.2, -0.15) is 0 Å². The summed E-state index contributed by atoms with van der Waals surface area (Å²) in [6.45, 7) is 6.93. The van der Waals surface area contributed by atoms with Crippen molar-refractivity contribution in [1.82, 2.24) is 15.1 Å². The van der Waals surface area contributed by atoms with Gasteiger partial charge in [0.15, 0.2) is 0 Å². The number of carbonyl (C=O) groups excluding carboxylic acids is 1. The van der Waals surface area contributed by atoms with Gasteiger partial charge in [-0.25, -0.2) is 4.79 Å². The van der Waals surface area contributed by atoms with Crippen LogP contribution in [0.5, 0.6) is 0 Å². The molecule has 0 saturated carbocycles. The first kappa shape index (κ1) is 13.3. The fraction of sp³-hybridized carbons (Fsp3) is 0.917. The topological polar surface area (TPSA) is 35.6 Å². The van der Waals surface area contributed by atoms with Crippen LogP contribution in [0.4, 0.5) is 4.79 Å². The highest BCUT2D eigenvalue weighted by Gasteiger charge is 2.23. The number of rotatable bonds is 3. The molecule has 1 saturated heterocycles. The van der Waals surface area contributed by atoms with Crippen LogP contribution in [-0.2, 0) is 0 Å².